The molecule has 0 heterocycles. The number of carboxylic acid groups (broad SMARTS) is 2. The summed E-state index contributed by atoms with van der Waals surface area (Å²) in [5.74, 6) is -2.05. The molecule has 0 fully saturated rings. The largest absolute Gasteiger partial charge is 0.508 e. The number of rotatable bonds is 8. The molecule has 0 amide bonds. The van der Waals surface area contributed by atoms with Gasteiger partial charge in [0.05, 0.1) is 5.57 Å². The number of benzene rings is 3. The van der Waals surface area contributed by atoms with Gasteiger partial charge in [-0.05, 0) is 64.7 Å². The molecule has 32 heavy (non-hydrogen) atoms. The fourth-order valence-corrected chi connectivity index (χ4v) is 2.91. The molecule has 3 aromatic rings. The second-order valence-electron chi connectivity index (χ2n) is 6.84. The Balaban J connectivity index is 1.81. The van der Waals surface area contributed by atoms with Crippen molar-refractivity contribution in [3.05, 3.63) is 95.1 Å². The van der Waals surface area contributed by atoms with Gasteiger partial charge >= 0.3 is 11.9 Å². The monoisotopic (exact) mass is 432 g/mol. The maximum Gasteiger partial charge on any atom is 0.336 e. The van der Waals surface area contributed by atoms with Gasteiger partial charge in [0.15, 0.2) is 11.5 Å². The van der Waals surface area contributed by atoms with Crippen LogP contribution in [0, 0.1) is 0 Å². The highest BCUT2D eigenvalue weighted by molar-refractivity contribution is 6.20. The lowest BCUT2D eigenvalue weighted by Crippen LogP contribution is -2.02. The fraction of sp³-hybridized carbons (Fsp3) is 0.0400. The van der Waals surface area contributed by atoms with Crippen molar-refractivity contribution in [2.24, 2.45) is 0 Å². The second-order valence-corrected chi connectivity index (χ2v) is 6.84. The minimum atomic E-state index is -1.10. The van der Waals surface area contributed by atoms with E-state index in [4.69, 9.17) is 9.84 Å². The zero-order chi connectivity index (χ0) is 23.1. The number of hydrogen-bond donors (Lipinski definition) is 4. The fourth-order valence-electron chi connectivity index (χ4n) is 2.91. The minimum absolute atomic E-state index is 0.0552. The summed E-state index contributed by atoms with van der Waals surface area (Å²) < 4.78 is 5.67. The van der Waals surface area contributed by atoms with Crippen LogP contribution in [-0.4, -0.2) is 32.4 Å². The number of hydrogen-bond acceptors (Lipinski definition) is 5. The summed E-state index contributed by atoms with van der Waals surface area (Å²) in [7, 11) is 0. The lowest BCUT2D eigenvalue weighted by atomic mass is 10.0. The molecular weight excluding hydrogens is 412 g/mol. The maximum absolute atomic E-state index is 11.8. The van der Waals surface area contributed by atoms with Crippen LogP contribution in [0.2, 0.25) is 0 Å². The normalized spacial score (nSPS) is 11.4. The average molecular weight is 432 g/mol. The van der Waals surface area contributed by atoms with Crippen LogP contribution in [0.25, 0.3) is 17.7 Å². The number of phenolic OH excluding ortho intramolecular Hbond substituents is 2. The number of aromatic hydroxyl groups is 2. The molecule has 162 valence electrons. The van der Waals surface area contributed by atoms with Gasteiger partial charge in [0.1, 0.15) is 12.4 Å². The van der Waals surface area contributed by atoms with Gasteiger partial charge in [0.25, 0.3) is 0 Å². The Bertz CT molecular complexity index is 1190. The maximum atomic E-state index is 11.8. The summed E-state index contributed by atoms with van der Waals surface area (Å²) in [6, 6.07) is 17.4. The first-order valence-corrected chi connectivity index (χ1v) is 9.52. The molecule has 7 nitrogen and oxygen atoms in total. The van der Waals surface area contributed by atoms with E-state index in [0.717, 1.165) is 6.08 Å². The van der Waals surface area contributed by atoms with Gasteiger partial charge in [-0.1, -0.05) is 36.4 Å². The van der Waals surface area contributed by atoms with E-state index in [2.05, 4.69) is 0 Å². The number of ether oxygens (including phenoxy) is 1. The van der Waals surface area contributed by atoms with E-state index in [0.29, 0.717) is 22.3 Å². The lowest BCUT2D eigenvalue weighted by molar-refractivity contribution is -0.131. The standard InChI is InChI=1S/C25H20O7/c26-20-8-4-16(5-9-20)13-21(25(30)31)19-3-1-2-18(12-19)15-32-23-14-17(6-10-22(23)27)7-11-24(28)29/h1-14,26-27H,15H2,(H,28,29)(H,30,31)/b11-7+,21-13-. The third-order valence-corrected chi connectivity index (χ3v) is 4.47. The van der Waals surface area contributed by atoms with Crippen LogP contribution in [0.3, 0.4) is 0 Å². The van der Waals surface area contributed by atoms with E-state index in [1.165, 1.54) is 36.4 Å². The van der Waals surface area contributed by atoms with Gasteiger partial charge in [0.2, 0.25) is 0 Å². The predicted octanol–water partition coefficient (Wildman–Crippen LogP) is 4.40. The van der Waals surface area contributed by atoms with Crippen LogP contribution >= 0.6 is 0 Å². The molecule has 3 rings (SSSR count). The first-order chi connectivity index (χ1) is 15.3. The molecule has 0 bridgehead atoms. The minimum Gasteiger partial charge on any atom is -0.508 e. The molecular formula is C25H20O7. The molecule has 0 unspecified atom stereocenters. The van der Waals surface area contributed by atoms with Crippen molar-refractivity contribution in [2.75, 3.05) is 0 Å². The van der Waals surface area contributed by atoms with E-state index in [1.54, 1.807) is 42.5 Å². The summed E-state index contributed by atoms with van der Waals surface area (Å²) in [5.41, 5.74) is 2.37. The molecule has 0 atom stereocenters. The molecule has 0 spiro atoms. The Morgan fingerprint density at radius 3 is 2.28 bits per heavy atom. The molecule has 7 heteroatoms. The van der Waals surface area contributed by atoms with Crippen LogP contribution in [0.1, 0.15) is 22.3 Å². The average Bonchev–Trinajstić information content (AvgIpc) is 2.77. The van der Waals surface area contributed by atoms with Crippen LogP contribution in [0.15, 0.2) is 72.8 Å². The van der Waals surface area contributed by atoms with Crippen molar-refractivity contribution in [3.8, 4) is 17.2 Å². The third-order valence-electron chi connectivity index (χ3n) is 4.47. The highest BCUT2D eigenvalue weighted by Crippen LogP contribution is 2.29. The molecule has 0 aliphatic heterocycles. The molecule has 0 radical (unpaired) electrons. The van der Waals surface area contributed by atoms with E-state index in [9.17, 15) is 24.9 Å². The van der Waals surface area contributed by atoms with Gasteiger partial charge in [-0.25, -0.2) is 9.59 Å². The zero-order valence-corrected chi connectivity index (χ0v) is 16.8. The zero-order valence-electron chi connectivity index (χ0n) is 16.8. The number of aliphatic carboxylic acids is 2. The van der Waals surface area contributed by atoms with Gasteiger partial charge in [-0.3, -0.25) is 0 Å². The van der Waals surface area contributed by atoms with Crippen molar-refractivity contribution >= 4 is 29.7 Å². The van der Waals surface area contributed by atoms with Crippen molar-refractivity contribution in [1.82, 2.24) is 0 Å². The Labute approximate surface area is 183 Å². The molecule has 4 N–H and O–H groups in total. The van der Waals surface area contributed by atoms with Crippen LogP contribution in [0.4, 0.5) is 0 Å². The topological polar surface area (TPSA) is 124 Å². The molecule has 0 aromatic heterocycles. The SMILES string of the molecule is O=C(O)/C=C/c1ccc(O)c(OCc2cccc(/C(=C/c3ccc(O)cc3)C(=O)O)c2)c1. The van der Waals surface area contributed by atoms with Crippen molar-refractivity contribution < 1.29 is 34.8 Å². The first-order valence-electron chi connectivity index (χ1n) is 9.52. The number of phenols is 2. The Morgan fingerprint density at radius 1 is 0.875 bits per heavy atom. The smallest absolute Gasteiger partial charge is 0.336 e. The second kappa shape index (κ2) is 9.99. The highest BCUT2D eigenvalue weighted by atomic mass is 16.5. The number of carboxylic acids is 2. The molecule has 0 aliphatic rings. The van der Waals surface area contributed by atoms with E-state index in [1.807, 2.05) is 0 Å². The van der Waals surface area contributed by atoms with Crippen molar-refractivity contribution in [3.63, 3.8) is 0 Å². The van der Waals surface area contributed by atoms with Crippen LogP contribution < -0.4 is 4.74 Å². The molecule has 3 aromatic carbocycles. The summed E-state index contributed by atoms with van der Waals surface area (Å²) >= 11 is 0. The summed E-state index contributed by atoms with van der Waals surface area (Å²) in [5, 5.41) is 37.8. The Morgan fingerprint density at radius 2 is 1.59 bits per heavy atom. The van der Waals surface area contributed by atoms with Gasteiger partial charge in [-0.15, -0.1) is 0 Å². The molecule has 0 saturated carbocycles. The van der Waals surface area contributed by atoms with E-state index in [-0.39, 0.29) is 29.4 Å². The molecule has 0 saturated heterocycles. The van der Waals surface area contributed by atoms with Crippen LogP contribution in [0.5, 0.6) is 17.2 Å². The predicted molar refractivity (Wildman–Crippen MR) is 119 cm³/mol. The van der Waals surface area contributed by atoms with Crippen LogP contribution in [-0.2, 0) is 16.2 Å². The van der Waals surface area contributed by atoms with Crippen molar-refractivity contribution in [1.29, 1.82) is 0 Å². The quantitative estimate of drug-likeness (QED) is 0.307. The Hall–Kier alpha value is -4.52. The van der Waals surface area contributed by atoms with E-state index < -0.39 is 11.9 Å². The lowest BCUT2D eigenvalue weighted by Gasteiger charge is -2.11. The Kier molecular flexibility index (Phi) is 6.92. The van der Waals surface area contributed by atoms with Gasteiger partial charge < -0.3 is 25.2 Å². The summed E-state index contributed by atoms with van der Waals surface area (Å²) in [6.07, 6.45) is 3.86. The highest BCUT2D eigenvalue weighted by Gasteiger charge is 2.12. The van der Waals surface area contributed by atoms with Gasteiger partial charge in [0, 0.05) is 6.08 Å². The summed E-state index contributed by atoms with van der Waals surface area (Å²) in [4.78, 5) is 22.5. The summed E-state index contributed by atoms with van der Waals surface area (Å²) in [6.45, 7) is 0.0552. The van der Waals surface area contributed by atoms with Crippen molar-refractivity contribution in [2.45, 2.75) is 6.61 Å². The third kappa shape index (κ3) is 5.99. The van der Waals surface area contributed by atoms with Gasteiger partial charge in [-0.2, -0.15) is 0 Å². The molecule has 0 aliphatic carbocycles. The van der Waals surface area contributed by atoms with E-state index >= 15 is 0 Å². The first kappa shape index (κ1) is 22.2. The number of carbonyl (C=O) groups is 2.